The van der Waals surface area contributed by atoms with E-state index in [1.54, 1.807) is 0 Å². The second kappa shape index (κ2) is 6.97. The van der Waals surface area contributed by atoms with Crippen LogP contribution in [0.4, 0.5) is 13.6 Å². The van der Waals surface area contributed by atoms with Gasteiger partial charge in [-0.25, -0.2) is 13.6 Å². The number of benzene rings is 2. The van der Waals surface area contributed by atoms with E-state index in [1.165, 1.54) is 11.0 Å². The highest BCUT2D eigenvalue weighted by atomic mass is 19.2. The zero-order chi connectivity index (χ0) is 17.1. The van der Waals surface area contributed by atoms with Crippen molar-refractivity contribution in [3.63, 3.8) is 0 Å². The van der Waals surface area contributed by atoms with Gasteiger partial charge in [-0.2, -0.15) is 0 Å². The Bertz CT molecular complexity index is 724. The summed E-state index contributed by atoms with van der Waals surface area (Å²) in [5.74, 6) is -2.06. The number of carbonyl (C=O) groups is 1. The molecule has 0 aliphatic carbocycles. The molecule has 0 bridgehead atoms. The summed E-state index contributed by atoms with van der Waals surface area (Å²) >= 11 is 0. The lowest BCUT2D eigenvalue weighted by Gasteiger charge is -2.16. The molecule has 2 atom stereocenters. The standard InChI is InChI=1S/C18H18F2N2O2/c19-15-7-6-13(8-16(15)20)14-9-22(10-17(14)21)18(23)24-11-12-4-2-1-3-5-12/h1-8,14,17H,9-11,21H2/t14-,17+/m0/s1. The molecule has 126 valence electrons. The first-order valence-electron chi connectivity index (χ1n) is 7.71. The number of likely N-dealkylation sites (tertiary alicyclic amines) is 1. The Hall–Kier alpha value is -2.47. The summed E-state index contributed by atoms with van der Waals surface area (Å²) < 4.78 is 31.7. The fraction of sp³-hybridized carbons (Fsp3) is 0.278. The Morgan fingerprint density at radius 2 is 1.88 bits per heavy atom. The first kappa shape index (κ1) is 16.4. The number of nitrogens with two attached hydrogens (primary N) is 1. The fourth-order valence-electron chi connectivity index (χ4n) is 2.88. The zero-order valence-electron chi connectivity index (χ0n) is 13.0. The number of nitrogens with zero attached hydrogens (tertiary/aromatic N) is 1. The molecule has 1 aliphatic heterocycles. The summed E-state index contributed by atoms with van der Waals surface area (Å²) in [6.45, 7) is 0.818. The minimum Gasteiger partial charge on any atom is -0.445 e. The number of hydrogen-bond donors (Lipinski definition) is 1. The molecule has 0 unspecified atom stereocenters. The van der Waals surface area contributed by atoms with Crippen LogP contribution < -0.4 is 5.73 Å². The lowest BCUT2D eigenvalue weighted by Crippen LogP contribution is -2.32. The maximum Gasteiger partial charge on any atom is 0.410 e. The minimum absolute atomic E-state index is 0.182. The number of amides is 1. The Morgan fingerprint density at radius 3 is 2.58 bits per heavy atom. The third-order valence-electron chi connectivity index (χ3n) is 4.20. The molecule has 0 spiro atoms. The van der Waals surface area contributed by atoms with E-state index in [9.17, 15) is 13.6 Å². The summed E-state index contributed by atoms with van der Waals surface area (Å²) in [7, 11) is 0. The number of hydrogen-bond acceptors (Lipinski definition) is 3. The van der Waals surface area contributed by atoms with Gasteiger partial charge >= 0.3 is 6.09 Å². The second-order valence-corrected chi connectivity index (χ2v) is 5.89. The van der Waals surface area contributed by atoms with Crippen molar-refractivity contribution in [3.05, 3.63) is 71.3 Å². The van der Waals surface area contributed by atoms with E-state index < -0.39 is 17.7 Å². The third-order valence-corrected chi connectivity index (χ3v) is 4.20. The molecule has 24 heavy (non-hydrogen) atoms. The summed E-state index contributed by atoms with van der Waals surface area (Å²) in [5, 5.41) is 0. The van der Waals surface area contributed by atoms with Gasteiger partial charge in [-0.15, -0.1) is 0 Å². The van der Waals surface area contributed by atoms with Crippen LogP contribution in [0.3, 0.4) is 0 Å². The van der Waals surface area contributed by atoms with Crippen LogP contribution in [0.25, 0.3) is 0 Å². The first-order chi connectivity index (χ1) is 11.5. The van der Waals surface area contributed by atoms with Gasteiger partial charge in [0.05, 0.1) is 0 Å². The molecule has 1 amide bonds. The van der Waals surface area contributed by atoms with Gasteiger partial charge in [0.25, 0.3) is 0 Å². The van der Waals surface area contributed by atoms with Crippen LogP contribution in [-0.4, -0.2) is 30.1 Å². The topological polar surface area (TPSA) is 55.6 Å². The van der Waals surface area contributed by atoms with Gasteiger partial charge in [-0.3, -0.25) is 0 Å². The zero-order valence-corrected chi connectivity index (χ0v) is 13.0. The lowest BCUT2D eigenvalue weighted by molar-refractivity contribution is 0.103. The van der Waals surface area contributed by atoms with Crippen molar-refractivity contribution in [1.29, 1.82) is 0 Å². The van der Waals surface area contributed by atoms with Crippen molar-refractivity contribution in [1.82, 2.24) is 4.90 Å². The summed E-state index contributed by atoms with van der Waals surface area (Å²) in [6, 6.07) is 12.7. The highest BCUT2D eigenvalue weighted by molar-refractivity contribution is 5.68. The number of ether oxygens (including phenoxy) is 1. The van der Waals surface area contributed by atoms with Crippen molar-refractivity contribution in [2.75, 3.05) is 13.1 Å². The summed E-state index contributed by atoms with van der Waals surface area (Å²) in [6.07, 6.45) is -0.459. The molecule has 2 aromatic carbocycles. The predicted octanol–water partition coefficient (Wildman–Crippen LogP) is 3.03. The van der Waals surface area contributed by atoms with Gasteiger partial charge < -0.3 is 15.4 Å². The van der Waals surface area contributed by atoms with Crippen molar-refractivity contribution in [2.24, 2.45) is 5.73 Å². The predicted molar refractivity (Wildman–Crippen MR) is 85.3 cm³/mol. The van der Waals surface area contributed by atoms with Crippen LogP contribution in [0.1, 0.15) is 17.0 Å². The number of carbonyl (C=O) groups excluding carboxylic acids is 1. The monoisotopic (exact) mass is 332 g/mol. The van der Waals surface area contributed by atoms with Crippen LogP contribution in [0.2, 0.25) is 0 Å². The Labute approximate surface area is 138 Å². The summed E-state index contributed by atoms with van der Waals surface area (Å²) in [5.41, 5.74) is 7.55. The minimum atomic E-state index is -0.912. The SMILES string of the molecule is N[C@@H]1CN(C(=O)OCc2ccccc2)C[C@H]1c1ccc(F)c(F)c1. The maximum atomic E-state index is 13.4. The van der Waals surface area contributed by atoms with Gasteiger partial charge in [-0.1, -0.05) is 36.4 Å². The van der Waals surface area contributed by atoms with E-state index in [1.807, 2.05) is 30.3 Å². The van der Waals surface area contributed by atoms with Gasteiger partial charge in [0.1, 0.15) is 6.61 Å². The average molecular weight is 332 g/mol. The van der Waals surface area contributed by atoms with Crippen LogP contribution in [0.5, 0.6) is 0 Å². The van der Waals surface area contributed by atoms with Gasteiger partial charge in [0, 0.05) is 25.0 Å². The maximum absolute atomic E-state index is 13.4. The molecular weight excluding hydrogens is 314 g/mol. The van der Waals surface area contributed by atoms with Crippen molar-refractivity contribution in [2.45, 2.75) is 18.6 Å². The Balaban J connectivity index is 1.62. The van der Waals surface area contributed by atoms with Crippen molar-refractivity contribution < 1.29 is 18.3 Å². The highest BCUT2D eigenvalue weighted by Crippen LogP contribution is 2.28. The molecule has 0 saturated carbocycles. The van der Waals surface area contributed by atoms with Gasteiger partial charge in [-0.05, 0) is 23.3 Å². The molecule has 0 radical (unpaired) electrons. The van der Waals surface area contributed by atoms with Gasteiger partial charge in [0.2, 0.25) is 0 Å². The van der Waals surface area contributed by atoms with Crippen molar-refractivity contribution in [3.8, 4) is 0 Å². The molecule has 1 fully saturated rings. The normalized spacial score (nSPS) is 20.2. The fourth-order valence-corrected chi connectivity index (χ4v) is 2.88. The number of halogens is 2. The first-order valence-corrected chi connectivity index (χ1v) is 7.71. The molecule has 1 heterocycles. The van der Waals surface area contributed by atoms with Gasteiger partial charge in [0.15, 0.2) is 11.6 Å². The average Bonchev–Trinajstić information content (AvgIpc) is 2.98. The van der Waals surface area contributed by atoms with Crippen LogP contribution in [-0.2, 0) is 11.3 Å². The van der Waals surface area contributed by atoms with Crippen molar-refractivity contribution >= 4 is 6.09 Å². The quantitative estimate of drug-likeness (QED) is 0.940. The van der Waals surface area contributed by atoms with Crippen LogP contribution >= 0.6 is 0 Å². The van der Waals surface area contributed by atoms with E-state index in [0.717, 1.165) is 17.7 Å². The largest absolute Gasteiger partial charge is 0.445 e. The molecule has 4 nitrogen and oxygen atoms in total. The molecule has 2 N–H and O–H groups in total. The Morgan fingerprint density at radius 1 is 1.12 bits per heavy atom. The molecule has 0 aromatic heterocycles. The summed E-state index contributed by atoms with van der Waals surface area (Å²) in [4.78, 5) is 13.7. The molecule has 1 aliphatic rings. The molecule has 1 saturated heterocycles. The smallest absolute Gasteiger partial charge is 0.410 e. The molecule has 3 rings (SSSR count). The van der Waals surface area contributed by atoms with E-state index in [-0.39, 0.29) is 18.6 Å². The molecule has 2 aromatic rings. The molecular formula is C18H18F2N2O2. The van der Waals surface area contributed by atoms with E-state index in [0.29, 0.717) is 18.7 Å². The molecule has 6 heteroatoms. The van der Waals surface area contributed by atoms with E-state index in [4.69, 9.17) is 10.5 Å². The second-order valence-electron chi connectivity index (χ2n) is 5.89. The van der Waals surface area contributed by atoms with E-state index in [2.05, 4.69) is 0 Å². The van der Waals surface area contributed by atoms with Crippen LogP contribution in [0.15, 0.2) is 48.5 Å². The van der Waals surface area contributed by atoms with Crippen LogP contribution in [0, 0.1) is 11.6 Å². The Kier molecular flexibility index (Phi) is 4.76. The highest BCUT2D eigenvalue weighted by Gasteiger charge is 2.35. The third kappa shape index (κ3) is 3.54. The number of rotatable bonds is 3. The lowest BCUT2D eigenvalue weighted by atomic mass is 9.95. The van der Waals surface area contributed by atoms with E-state index >= 15 is 0 Å².